The number of ether oxygens (including phenoxy) is 4. The first-order valence-corrected chi connectivity index (χ1v) is 40.1. The van der Waals surface area contributed by atoms with E-state index < -0.39 is 97.5 Å². The Kier molecular flexibility index (Phi) is 66.7. The van der Waals surface area contributed by atoms with E-state index >= 15 is 0 Å². The van der Waals surface area contributed by atoms with Gasteiger partial charge in [0.2, 0.25) is 0 Å². The first-order chi connectivity index (χ1) is 47.7. The van der Waals surface area contributed by atoms with Crippen molar-refractivity contribution in [3.63, 3.8) is 0 Å². The van der Waals surface area contributed by atoms with Gasteiger partial charge in [0.05, 0.1) is 32.8 Å². The van der Waals surface area contributed by atoms with Crippen LogP contribution in [-0.2, 0) is 65.4 Å². The maximum absolute atomic E-state index is 13.1. The molecule has 0 aliphatic rings. The lowest BCUT2D eigenvalue weighted by atomic mass is 10.1. The van der Waals surface area contributed by atoms with Gasteiger partial charge in [-0.05, 0) is 141 Å². The van der Waals surface area contributed by atoms with E-state index in [2.05, 4.69) is 149 Å². The van der Waals surface area contributed by atoms with Crippen LogP contribution in [0.15, 0.2) is 146 Å². The molecule has 0 radical (unpaired) electrons. The number of hydrogen-bond acceptors (Lipinski definition) is 15. The molecule has 17 nitrogen and oxygen atoms in total. The van der Waals surface area contributed by atoms with Crippen LogP contribution in [0.4, 0.5) is 0 Å². The largest absolute Gasteiger partial charge is 0.472 e. The van der Waals surface area contributed by atoms with Crippen LogP contribution in [0.2, 0.25) is 0 Å². The number of esters is 4. The van der Waals surface area contributed by atoms with Gasteiger partial charge in [-0.1, -0.05) is 251 Å². The second kappa shape index (κ2) is 70.4. The molecule has 0 aliphatic heterocycles. The summed E-state index contributed by atoms with van der Waals surface area (Å²) in [6.07, 6.45) is 78.8. The smallest absolute Gasteiger partial charge is 0.462 e. The summed E-state index contributed by atoms with van der Waals surface area (Å²) < 4.78 is 68.2. The highest BCUT2D eigenvalue weighted by Gasteiger charge is 2.30. The van der Waals surface area contributed by atoms with Crippen molar-refractivity contribution in [2.24, 2.45) is 0 Å². The molecule has 0 aromatic heterocycles. The monoisotopic (exact) mass is 1410 g/mol. The number of unbranched alkanes of at least 4 members (excludes halogenated alkanes) is 19. The first kappa shape index (κ1) is 92.9. The van der Waals surface area contributed by atoms with Crippen LogP contribution < -0.4 is 0 Å². The van der Waals surface area contributed by atoms with Crippen molar-refractivity contribution in [1.82, 2.24) is 0 Å². The van der Waals surface area contributed by atoms with E-state index in [9.17, 15) is 43.2 Å². The summed E-state index contributed by atoms with van der Waals surface area (Å²) in [5.41, 5.74) is 0. The molecule has 5 atom stereocenters. The Morgan fingerprint density at radius 3 is 0.918 bits per heavy atom. The van der Waals surface area contributed by atoms with Crippen molar-refractivity contribution in [2.75, 3.05) is 39.6 Å². The van der Waals surface area contributed by atoms with Crippen LogP contribution in [0.3, 0.4) is 0 Å². The molecule has 0 heterocycles. The molecule has 0 fully saturated rings. The van der Waals surface area contributed by atoms with E-state index in [1.165, 1.54) is 25.7 Å². The Balaban J connectivity index is 5.46. The SMILES string of the molecule is CC/C=C\C/C=C\C/C=C\C/C=C\C/C=C\CC(=O)OCC(COP(=O)(O)OCC(O)COP(=O)(O)OCC(COC(=O)CCCCCCC/C=C\C/C=C\C/C=C\CC)OC(=O)CCCCCCC/C=C\CCCCCC)OC(=O)CCCCCCC/C=C\C/C=C\C/C=C\CC. The molecule has 0 aromatic rings. The lowest BCUT2D eigenvalue weighted by Crippen LogP contribution is -2.30. The Labute approximate surface area is 592 Å². The number of aliphatic hydroxyl groups excluding tert-OH is 1. The molecule has 0 saturated carbocycles. The van der Waals surface area contributed by atoms with Gasteiger partial charge in [0.25, 0.3) is 0 Å². The van der Waals surface area contributed by atoms with Gasteiger partial charge in [0.1, 0.15) is 19.3 Å². The average molecular weight is 1410 g/mol. The number of aliphatic hydroxyl groups is 1. The van der Waals surface area contributed by atoms with Crippen LogP contribution in [0.25, 0.3) is 0 Å². The summed E-state index contributed by atoms with van der Waals surface area (Å²) in [5.74, 6) is -2.38. The van der Waals surface area contributed by atoms with Crippen molar-refractivity contribution in [3.8, 4) is 0 Å². The van der Waals surface area contributed by atoms with Crippen LogP contribution in [0.1, 0.15) is 272 Å². The molecule has 0 aromatic carbocycles. The lowest BCUT2D eigenvalue weighted by Gasteiger charge is -2.21. The molecular formula is C79H130O17P2. The minimum Gasteiger partial charge on any atom is -0.462 e. The molecule has 0 saturated heterocycles. The minimum absolute atomic E-state index is 0.0513. The van der Waals surface area contributed by atoms with E-state index in [4.69, 9.17) is 37.0 Å². The van der Waals surface area contributed by atoms with Gasteiger partial charge < -0.3 is 33.8 Å². The molecule has 0 spiro atoms. The maximum Gasteiger partial charge on any atom is 0.472 e. The average Bonchev–Trinajstić information content (AvgIpc) is 1.04. The Hall–Kier alpha value is -5.06. The van der Waals surface area contributed by atoms with Gasteiger partial charge in [0.15, 0.2) is 12.2 Å². The third kappa shape index (κ3) is 69.4. The summed E-state index contributed by atoms with van der Waals surface area (Å²) in [4.78, 5) is 72.7. The number of phosphoric ester groups is 2. The number of carbonyl (C=O) groups excluding carboxylic acids is 4. The van der Waals surface area contributed by atoms with Crippen molar-refractivity contribution >= 4 is 39.5 Å². The number of hydrogen-bond donors (Lipinski definition) is 3. The molecule has 0 amide bonds. The van der Waals surface area contributed by atoms with Crippen LogP contribution in [-0.4, -0.2) is 96.7 Å². The quantitative estimate of drug-likeness (QED) is 0.0169. The van der Waals surface area contributed by atoms with Gasteiger partial charge in [-0.2, -0.15) is 0 Å². The lowest BCUT2D eigenvalue weighted by molar-refractivity contribution is -0.161. The number of rotatable bonds is 68. The zero-order chi connectivity index (χ0) is 71.8. The zero-order valence-electron chi connectivity index (χ0n) is 60.7. The maximum atomic E-state index is 13.1. The molecule has 0 aliphatic carbocycles. The predicted octanol–water partition coefficient (Wildman–Crippen LogP) is 21.1. The third-order valence-corrected chi connectivity index (χ3v) is 16.7. The topological polar surface area (TPSA) is 237 Å². The molecular weight excluding hydrogens is 1280 g/mol. The van der Waals surface area contributed by atoms with E-state index in [0.29, 0.717) is 25.7 Å². The standard InChI is InChI=1S/C79H130O17P2/c1-5-9-13-17-21-25-29-33-36-40-43-47-51-55-59-63-76(81)89-69-74(95-78(83)65-61-57-53-49-45-39-32-28-24-20-16-12-8-4)71-93-97(85,86)91-67-73(80)68-92-98(87,88)94-72-75(96-79(84)66-62-58-54-50-46-42-38-35-31-27-23-19-15-11-7-3)70-90-77(82)64-60-56-52-48-44-41-37-34-30-26-22-18-14-10-6-2/h9-11,13-15,21-23,25-28,32-38,44,48,56,60,73-75,80H,5-8,12,16-20,24,29-31,39-43,45-47,49-55,57-59,61-72H2,1-4H3,(H,85,86)(H,87,88)/b13-9-,14-10-,15-11-,25-21-,26-22-,27-23-,32-28-,36-33-,37-34-,38-35-,48-44-,60-56-. The molecule has 3 N–H and O–H groups in total. The van der Waals surface area contributed by atoms with Gasteiger partial charge in [-0.25, -0.2) is 9.13 Å². The number of allylic oxidation sites excluding steroid dienone is 23. The fourth-order valence-electron chi connectivity index (χ4n) is 9.26. The second-order valence-electron chi connectivity index (χ2n) is 24.1. The molecule has 5 unspecified atom stereocenters. The molecule has 98 heavy (non-hydrogen) atoms. The van der Waals surface area contributed by atoms with Crippen molar-refractivity contribution in [2.45, 2.75) is 290 Å². The highest BCUT2D eigenvalue weighted by atomic mass is 31.2. The van der Waals surface area contributed by atoms with E-state index in [-0.39, 0.29) is 25.7 Å². The zero-order valence-corrected chi connectivity index (χ0v) is 62.4. The van der Waals surface area contributed by atoms with Crippen molar-refractivity contribution in [1.29, 1.82) is 0 Å². The molecule has 0 rings (SSSR count). The van der Waals surface area contributed by atoms with Gasteiger partial charge >= 0.3 is 39.5 Å². The molecule has 558 valence electrons. The van der Waals surface area contributed by atoms with E-state index in [1.807, 2.05) is 18.2 Å². The first-order valence-electron chi connectivity index (χ1n) is 37.1. The highest BCUT2D eigenvalue weighted by Crippen LogP contribution is 2.45. The minimum atomic E-state index is -5.00. The summed E-state index contributed by atoms with van der Waals surface area (Å²) >= 11 is 0. The molecule has 0 bridgehead atoms. The van der Waals surface area contributed by atoms with Crippen LogP contribution in [0.5, 0.6) is 0 Å². The predicted molar refractivity (Wildman–Crippen MR) is 399 cm³/mol. The summed E-state index contributed by atoms with van der Waals surface area (Å²) in [6.45, 7) is 4.33. The van der Waals surface area contributed by atoms with Crippen molar-refractivity contribution < 1.29 is 80.2 Å². The third-order valence-electron chi connectivity index (χ3n) is 14.8. The van der Waals surface area contributed by atoms with Gasteiger partial charge in [0, 0.05) is 19.3 Å². The van der Waals surface area contributed by atoms with E-state index in [0.717, 1.165) is 167 Å². The highest BCUT2D eigenvalue weighted by molar-refractivity contribution is 7.47. The fraction of sp³-hybridized carbons (Fsp3) is 0.646. The number of carbonyl (C=O) groups is 4. The Bertz CT molecular complexity index is 2430. The normalized spacial score (nSPS) is 14.8. The van der Waals surface area contributed by atoms with Crippen molar-refractivity contribution in [3.05, 3.63) is 146 Å². The number of phosphoric acid groups is 2. The summed E-state index contributed by atoms with van der Waals surface area (Å²) in [6, 6.07) is 0. The fourth-order valence-corrected chi connectivity index (χ4v) is 10.8. The summed E-state index contributed by atoms with van der Waals surface area (Å²) in [7, 11) is -9.99. The molecule has 19 heteroatoms. The summed E-state index contributed by atoms with van der Waals surface area (Å²) in [5, 5.41) is 10.6. The van der Waals surface area contributed by atoms with Gasteiger partial charge in [-0.15, -0.1) is 0 Å². The van der Waals surface area contributed by atoms with Gasteiger partial charge in [-0.3, -0.25) is 37.3 Å². The van der Waals surface area contributed by atoms with Crippen LogP contribution >= 0.6 is 15.6 Å². The second-order valence-corrected chi connectivity index (χ2v) is 27.0. The Morgan fingerprint density at radius 1 is 0.306 bits per heavy atom. The Morgan fingerprint density at radius 2 is 0.571 bits per heavy atom. The van der Waals surface area contributed by atoms with Crippen LogP contribution in [0, 0.1) is 0 Å². The van der Waals surface area contributed by atoms with E-state index in [1.54, 1.807) is 6.08 Å².